The van der Waals surface area contributed by atoms with Gasteiger partial charge in [-0.15, -0.1) is 0 Å². The molecule has 0 N–H and O–H groups in total. The van der Waals surface area contributed by atoms with Crippen LogP contribution in [0.4, 0.5) is 5.69 Å². The highest BCUT2D eigenvalue weighted by Crippen LogP contribution is 2.36. The summed E-state index contributed by atoms with van der Waals surface area (Å²) in [5.74, 6) is 0.792. The van der Waals surface area contributed by atoms with E-state index >= 15 is 0 Å². The Morgan fingerprint density at radius 2 is 2.00 bits per heavy atom. The van der Waals surface area contributed by atoms with E-state index in [-0.39, 0.29) is 0 Å². The van der Waals surface area contributed by atoms with Crippen LogP contribution in [0.3, 0.4) is 0 Å². The molecule has 110 valence electrons. The molecule has 0 aliphatic carbocycles. The van der Waals surface area contributed by atoms with Crippen molar-refractivity contribution in [3.63, 3.8) is 0 Å². The van der Waals surface area contributed by atoms with Crippen molar-refractivity contribution in [2.45, 2.75) is 40.0 Å². The molecule has 1 heterocycles. The van der Waals surface area contributed by atoms with Crippen LogP contribution in [0, 0.1) is 11.3 Å². The van der Waals surface area contributed by atoms with E-state index in [4.69, 9.17) is 0 Å². The molecular formula is C17H24BrNO. The van der Waals surface area contributed by atoms with E-state index in [1.54, 1.807) is 0 Å². The predicted molar refractivity (Wildman–Crippen MR) is 88.5 cm³/mol. The van der Waals surface area contributed by atoms with Gasteiger partial charge < -0.3 is 4.90 Å². The Morgan fingerprint density at radius 3 is 2.60 bits per heavy atom. The van der Waals surface area contributed by atoms with Gasteiger partial charge in [-0.05, 0) is 64.7 Å². The molecular weight excluding hydrogens is 314 g/mol. The lowest BCUT2D eigenvalue weighted by atomic mass is 9.77. The Bertz CT molecular complexity index is 478. The first-order valence-electron chi connectivity index (χ1n) is 7.41. The fourth-order valence-corrected chi connectivity index (χ4v) is 3.70. The average Bonchev–Trinajstić information content (AvgIpc) is 2.63. The van der Waals surface area contributed by atoms with Crippen molar-refractivity contribution < 1.29 is 4.79 Å². The zero-order valence-corrected chi connectivity index (χ0v) is 14.2. The van der Waals surface area contributed by atoms with Gasteiger partial charge in [0.1, 0.15) is 6.29 Å². The van der Waals surface area contributed by atoms with Gasteiger partial charge in [-0.1, -0.05) is 20.8 Å². The van der Waals surface area contributed by atoms with E-state index in [2.05, 4.69) is 47.7 Å². The third kappa shape index (κ3) is 3.63. The molecule has 3 heteroatoms. The summed E-state index contributed by atoms with van der Waals surface area (Å²) < 4.78 is 1.02. The zero-order valence-electron chi connectivity index (χ0n) is 12.7. The number of hydrogen-bond acceptors (Lipinski definition) is 2. The highest BCUT2D eigenvalue weighted by Gasteiger charge is 2.27. The molecule has 20 heavy (non-hydrogen) atoms. The molecule has 1 unspecified atom stereocenters. The molecule has 2 nitrogen and oxygen atoms in total. The van der Waals surface area contributed by atoms with Crippen LogP contribution >= 0.6 is 15.9 Å². The van der Waals surface area contributed by atoms with Gasteiger partial charge in [0.15, 0.2) is 0 Å². The van der Waals surface area contributed by atoms with Gasteiger partial charge in [0.05, 0.1) is 5.69 Å². The lowest BCUT2D eigenvalue weighted by Gasteiger charge is -2.30. The van der Waals surface area contributed by atoms with Gasteiger partial charge in [0, 0.05) is 23.1 Å². The van der Waals surface area contributed by atoms with Crippen molar-refractivity contribution >= 4 is 27.9 Å². The maximum Gasteiger partial charge on any atom is 0.150 e. The largest absolute Gasteiger partial charge is 0.371 e. The van der Waals surface area contributed by atoms with E-state index in [0.717, 1.165) is 35.3 Å². The van der Waals surface area contributed by atoms with Crippen molar-refractivity contribution in [3.8, 4) is 0 Å². The van der Waals surface area contributed by atoms with Gasteiger partial charge in [0.25, 0.3) is 0 Å². The summed E-state index contributed by atoms with van der Waals surface area (Å²) >= 11 is 3.60. The van der Waals surface area contributed by atoms with Crippen molar-refractivity contribution in [1.82, 2.24) is 0 Å². The number of halogens is 1. The van der Waals surface area contributed by atoms with E-state index in [9.17, 15) is 4.79 Å². The molecule has 1 aromatic rings. The van der Waals surface area contributed by atoms with Crippen LogP contribution in [0.15, 0.2) is 22.7 Å². The monoisotopic (exact) mass is 337 g/mol. The number of carbonyl (C=O) groups excluding carboxylic acids is 1. The topological polar surface area (TPSA) is 20.3 Å². The highest BCUT2D eigenvalue weighted by molar-refractivity contribution is 9.10. The molecule has 0 saturated carbocycles. The Kier molecular flexibility index (Phi) is 4.90. The summed E-state index contributed by atoms with van der Waals surface area (Å²) in [7, 11) is 0. The van der Waals surface area contributed by atoms with E-state index in [1.165, 1.54) is 24.9 Å². The fourth-order valence-electron chi connectivity index (χ4n) is 3.06. The Balaban J connectivity index is 2.13. The SMILES string of the molecule is CC(C)(C)C1CCCN(c2ccc(C=O)cc2Br)CC1. The third-order valence-electron chi connectivity index (χ3n) is 4.40. The van der Waals surface area contributed by atoms with Crippen LogP contribution in [-0.2, 0) is 0 Å². The molecule has 0 aromatic heterocycles. The number of benzene rings is 1. The van der Waals surface area contributed by atoms with Crippen LogP contribution in [0.25, 0.3) is 0 Å². The van der Waals surface area contributed by atoms with Gasteiger partial charge >= 0.3 is 0 Å². The van der Waals surface area contributed by atoms with Gasteiger partial charge in [-0.25, -0.2) is 0 Å². The summed E-state index contributed by atoms with van der Waals surface area (Å²) in [6.45, 7) is 9.25. The number of carbonyl (C=O) groups is 1. The molecule has 1 atom stereocenters. The van der Waals surface area contributed by atoms with Gasteiger partial charge in [-0.3, -0.25) is 4.79 Å². The van der Waals surface area contributed by atoms with Gasteiger partial charge in [0.2, 0.25) is 0 Å². The number of hydrogen-bond donors (Lipinski definition) is 0. The van der Waals surface area contributed by atoms with Gasteiger partial charge in [-0.2, -0.15) is 0 Å². The second kappa shape index (κ2) is 6.30. The molecule has 0 radical (unpaired) electrons. The summed E-state index contributed by atoms with van der Waals surface area (Å²) in [6, 6.07) is 5.87. The third-order valence-corrected chi connectivity index (χ3v) is 5.04. The van der Waals surface area contributed by atoms with Crippen LogP contribution in [0.2, 0.25) is 0 Å². The lowest BCUT2D eigenvalue weighted by Crippen LogP contribution is -2.26. The summed E-state index contributed by atoms with van der Waals surface area (Å²) in [5.41, 5.74) is 2.34. The van der Waals surface area contributed by atoms with Crippen LogP contribution in [0.1, 0.15) is 50.4 Å². The molecule has 2 rings (SSSR count). The van der Waals surface area contributed by atoms with E-state index in [0.29, 0.717) is 5.41 Å². The minimum Gasteiger partial charge on any atom is -0.371 e. The Labute approximate surface area is 130 Å². The maximum atomic E-state index is 10.8. The quantitative estimate of drug-likeness (QED) is 0.714. The molecule has 1 aliphatic heterocycles. The molecule has 1 fully saturated rings. The summed E-state index contributed by atoms with van der Waals surface area (Å²) in [6.07, 6.45) is 4.69. The van der Waals surface area contributed by atoms with Crippen molar-refractivity contribution in [1.29, 1.82) is 0 Å². The first-order chi connectivity index (χ1) is 9.41. The normalized spacial score (nSPS) is 20.6. The Morgan fingerprint density at radius 1 is 1.25 bits per heavy atom. The number of rotatable bonds is 2. The van der Waals surface area contributed by atoms with E-state index in [1.807, 2.05) is 12.1 Å². The predicted octanol–water partition coefficient (Wildman–Crippen LogP) is 4.91. The first-order valence-corrected chi connectivity index (χ1v) is 8.21. The molecule has 1 saturated heterocycles. The molecule has 0 bridgehead atoms. The van der Waals surface area contributed by atoms with Crippen LogP contribution in [-0.4, -0.2) is 19.4 Å². The van der Waals surface area contributed by atoms with Crippen LogP contribution in [0.5, 0.6) is 0 Å². The van der Waals surface area contributed by atoms with Crippen molar-refractivity contribution in [3.05, 3.63) is 28.2 Å². The minimum absolute atomic E-state index is 0.397. The first kappa shape index (κ1) is 15.6. The molecule has 0 spiro atoms. The molecule has 1 aliphatic rings. The summed E-state index contributed by atoms with van der Waals surface area (Å²) in [4.78, 5) is 13.3. The number of aldehydes is 1. The lowest BCUT2D eigenvalue weighted by molar-refractivity contribution is 0.112. The molecule has 0 amide bonds. The standard InChI is InChI=1S/C17H24BrNO/c1-17(2,3)14-5-4-9-19(10-8-14)16-7-6-13(12-20)11-15(16)18/h6-7,11-12,14H,4-5,8-10H2,1-3H3. The van der Waals surface area contributed by atoms with Crippen LogP contribution < -0.4 is 4.90 Å². The second-order valence-electron chi connectivity index (χ2n) is 6.81. The summed E-state index contributed by atoms with van der Waals surface area (Å²) in [5, 5.41) is 0. The number of nitrogens with zero attached hydrogens (tertiary/aromatic N) is 1. The smallest absolute Gasteiger partial charge is 0.150 e. The maximum absolute atomic E-state index is 10.8. The zero-order chi connectivity index (χ0) is 14.8. The minimum atomic E-state index is 0.397. The van der Waals surface area contributed by atoms with Crippen molar-refractivity contribution in [2.24, 2.45) is 11.3 Å². The number of anilines is 1. The average molecular weight is 338 g/mol. The second-order valence-corrected chi connectivity index (χ2v) is 7.66. The van der Waals surface area contributed by atoms with Crippen molar-refractivity contribution in [2.75, 3.05) is 18.0 Å². The van der Waals surface area contributed by atoms with E-state index < -0.39 is 0 Å². The Hall–Kier alpha value is -0.830. The highest BCUT2D eigenvalue weighted by atomic mass is 79.9. The molecule has 1 aromatic carbocycles. The fraction of sp³-hybridized carbons (Fsp3) is 0.588.